The van der Waals surface area contributed by atoms with Gasteiger partial charge >= 0.3 is 5.97 Å². The second kappa shape index (κ2) is 10.7. The van der Waals surface area contributed by atoms with Crippen LogP contribution >= 0.6 is 11.6 Å². The lowest BCUT2D eigenvalue weighted by Gasteiger charge is -2.13. The van der Waals surface area contributed by atoms with Gasteiger partial charge in [0.1, 0.15) is 0 Å². The van der Waals surface area contributed by atoms with E-state index in [0.717, 1.165) is 15.9 Å². The summed E-state index contributed by atoms with van der Waals surface area (Å²) in [6.07, 6.45) is 0.647. The van der Waals surface area contributed by atoms with Gasteiger partial charge in [-0.05, 0) is 41.7 Å². The van der Waals surface area contributed by atoms with Gasteiger partial charge in [-0.3, -0.25) is 4.79 Å². The summed E-state index contributed by atoms with van der Waals surface area (Å²) in [6.45, 7) is 4.16. The van der Waals surface area contributed by atoms with Gasteiger partial charge in [0.25, 0.3) is 5.91 Å². The van der Waals surface area contributed by atoms with E-state index in [1.54, 1.807) is 0 Å². The standard InChI is InChI=1S/C22H27ClN2O5S/c1-15(2)17-7-5-16(6-8-17)11-12-24-21(26)14-30-22(27)19-13-18(9-10-20(19)23)31(28,29)25(3)4/h5-10,13,15H,11-12,14H2,1-4H3,(H,24,26). The highest BCUT2D eigenvalue weighted by Gasteiger charge is 2.21. The Balaban J connectivity index is 1.88. The van der Waals surface area contributed by atoms with E-state index in [0.29, 0.717) is 18.9 Å². The largest absolute Gasteiger partial charge is 0.452 e. The predicted octanol–water partition coefficient (Wildman–Crippen LogP) is 3.23. The normalized spacial score (nSPS) is 11.6. The molecule has 2 aromatic rings. The van der Waals surface area contributed by atoms with Crippen LogP contribution < -0.4 is 5.32 Å². The van der Waals surface area contributed by atoms with Crippen LogP contribution in [0.4, 0.5) is 0 Å². The number of halogens is 1. The van der Waals surface area contributed by atoms with Gasteiger partial charge < -0.3 is 10.1 Å². The zero-order valence-electron chi connectivity index (χ0n) is 18.0. The van der Waals surface area contributed by atoms with Gasteiger partial charge in [-0.25, -0.2) is 17.5 Å². The molecule has 0 heterocycles. The summed E-state index contributed by atoms with van der Waals surface area (Å²) >= 11 is 6.01. The second-order valence-corrected chi connectivity index (χ2v) is 10.1. The van der Waals surface area contributed by atoms with E-state index in [1.165, 1.54) is 31.8 Å². The van der Waals surface area contributed by atoms with Crippen LogP contribution in [-0.4, -0.2) is 51.8 Å². The van der Waals surface area contributed by atoms with E-state index in [-0.39, 0.29) is 15.5 Å². The molecule has 0 saturated heterocycles. The fraction of sp³-hybridized carbons (Fsp3) is 0.364. The van der Waals surface area contributed by atoms with Crippen LogP contribution in [0.25, 0.3) is 0 Å². The molecule has 1 N–H and O–H groups in total. The summed E-state index contributed by atoms with van der Waals surface area (Å²) in [5.41, 5.74) is 2.22. The number of nitrogens with one attached hydrogen (secondary N) is 1. The molecule has 7 nitrogen and oxygen atoms in total. The topological polar surface area (TPSA) is 92.8 Å². The highest BCUT2D eigenvalue weighted by atomic mass is 35.5. The molecule has 0 aromatic heterocycles. The van der Waals surface area contributed by atoms with Crippen LogP contribution in [-0.2, 0) is 26.0 Å². The minimum Gasteiger partial charge on any atom is -0.452 e. The number of carbonyl (C=O) groups excluding carboxylic acids is 2. The fourth-order valence-electron chi connectivity index (χ4n) is 2.71. The van der Waals surface area contributed by atoms with Crippen LogP contribution in [0, 0.1) is 0 Å². The molecule has 0 bridgehead atoms. The lowest BCUT2D eigenvalue weighted by atomic mass is 10.0. The molecule has 2 aromatic carbocycles. The number of nitrogens with zero attached hydrogens (tertiary/aromatic N) is 1. The quantitative estimate of drug-likeness (QED) is 0.573. The zero-order valence-corrected chi connectivity index (χ0v) is 19.6. The van der Waals surface area contributed by atoms with Crippen LogP contribution in [0.15, 0.2) is 47.4 Å². The highest BCUT2D eigenvalue weighted by Crippen LogP contribution is 2.23. The average molecular weight is 467 g/mol. The maximum absolute atomic E-state index is 12.3. The van der Waals surface area contributed by atoms with E-state index < -0.39 is 28.5 Å². The summed E-state index contributed by atoms with van der Waals surface area (Å²) < 4.78 is 30.5. The van der Waals surface area contributed by atoms with Crippen molar-refractivity contribution in [1.29, 1.82) is 0 Å². The molecule has 0 radical (unpaired) electrons. The van der Waals surface area contributed by atoms with Crippen molar-refractivity contribution in [2.24, 2.45) is 0 Å². The summed E-state index contributed by atoms with van der Waals surface area (Å²) in [5, 5.41) is 2.72. The molecule has 0 fully saturated rings. The molecule has 0 aliphatic rings. The number of hydrogen-bond acceptors (Lipinski definition) is 5. The van der Waals surface area contributed by atoms with E-state index in [1.807, 2.05) is 12.1 Å². The predicted molar refractivity (Wildman–Crippen MR) is 120 cm³/mol. The number of amides is 1. The Morgan fingerprint density at radius 2 is 1.74 bits per heavy atom. The van der Waals surface area contributed by atoms with Crippen LogP contribution in [0.2, 0.25) is 5.02 Å². The summed E-state index contributed by atoms with van der Waals surface area (Å²) in [6, 6.07) is 11.9. The molecule has 31 heavy (non-hydrogen) atoms. The first kappa shape index (κ1) is 24.8. The molecule has 0 aliphatic carbocycles. The lowest BCUT2D eigenvalue weighted by molar-refractivity contribution is -0.124. The number of carbonyl (C=O) groups is 2. The van der Waals surface area contributed by atoms with Crippen molar-refractivity contribution in [3.8, 4) is 0 Å². The smallest absolute Gasteiger partial charge is 0.340 e. The van der Waals surface area contributed by atoms with E-state index in [4.69, 9.17) is 16.3 Å². The SMILES string of the molecule is CC(C)c1ccc(CCNC(=O)COC(=O)c2cc(S(=O)(=O)N(C)C)ccc2Cl)cc1. The summed E-state index contributed by atoms with van der Waals surface area (Å²) in [4.78, 5) is 24.2. The zero-order chi connectivity index (χ0) is 23.2. The molecule has 0 unspecified atom stereocenters. The maximum atomic E-state index is 12.3. The van der Waals surface area contributed by atoms with Gasteiger partial charge in [-0.1, -0.05) is 49.7 Å². The molecule has 0 aliphatic heterocycles. The highest BCUT2D eigenvalue weighted by molar-refractivity contribution is 7.89. The van der Waals surface area contributed by atoms with Crippen molar-refractivity contribution in [3.05, 3.63) is 64.2 Å². The number of rotatable bonds is 9. The second-order valence-electron chi connectivity index (χ2n) is 7.50. The molecule has 0 saturated carbocycles. The van der Waals surface area contributed by atoms with Gasteiger partial charge in [0.05, 0.1) is 15.5 Å². The first-order valence-electron chi connectivity index (χ1n) is 9.77. The van der Waals surface area contributed by atoms with E-state index in [9.17, 15) is 18.0 Å². The van der Waals surface area contributed by atoms with Crippen LogP contribution in [0.1, 0.15) is 41.3 Å². The van der Waals surface area contributed by atoms with Crippen molar-refractivity contribution < 1.29 is 22.7 Å². The van der Waals surface area contributed by atoms with Crippen LogP contribution in [0.5, 0.6) is 0 Å². The van der Waals surface area contributed by atoms with Gasteiger partial charge in [0.15, 0.2) is 6.61 Å². The summed E-state index contributed by atoms with van der Waals surface area (Å²) in [7, 11) is -0.980. The van der Waals surface area contributed by atoms with Gasteiger partial charge in [-0.15, -0.1) is 0 Å². The first-order valence-corrected chi connectivity index (χ1v) is 11.6. The minimum atomic E-state index is -3.74. The number of hydrogen-bond donors (Lipinski definition) is 1. The average Bonchev–Trinajstić information content (AvgIpc) is 2.72. The van der Waals surface area contributed by atoms with Crippen molar-refractivity contribution in [2.45, 2.75) is 31.1 Å². The minimum absolute atomic E-state index is 0.0351. The third kappa shape index (κ3) is 6.78. The van der Waals surface area contributed by atoms with Gasteiger partial charge in [-0.2, -0.15) is 0 Å². The van der Waals surface area contributed by atoms with E-state index in [2.05, 4.69) is 31.3 Å². The molecule has 0 spiro atoms. The monoisotopic (exact) mass is 466 g/mol. The van der Waals surface area contributed by atoms with Gasteiger partial charge in [0.2, 0.25) is 10.0 Å². The summed E-state index contributed by atoms with van der Waals surface area (Å²) in [5.74, 6) is -0.874. The Labute approximate surface area is 188 Å². The Bertz CT molecular complexity index is 1030. The maximum Gasteiger partial charge on any atom is 0.340 e. The fourth-order valence-corrected chi connectivity index (χ4v) is 3.83. The number of benzene rings is 2. The molecule has 168 valence electrons. The number of ether oxygens (including phenoxy) is 1. The van der Waals surface area contributed by atoms with E-state index >= 15 is 0 Å². The van der Waals surface area contributed by atoms with Crippen molar-refractivity contribution >= 4 is 33.5 Å². The Morgan fingerprint density at radius 3 is 2.32 bits per heavy atom. The molecular formula is C22H27ClN2O5S. The Morgan fingerprint density at radius 1 is 1.10 bits per heavy atom. The van der Waals surface area contributed by atoms with Crippen molar-refractivity contribution in [3.63, 3.8) is 0 Å². The van der Waals surface area contributed by atoms with Crippen molar-refractivity contribution in [2.75, 3.05) is 27.2 Å². The van der Waals surface area contributed by atoms with Crippen LogP contribution in [0.3, 0.4) is 0 Å². The molecule has 2 rings (SSSR count). The third-order valence-corrected chi connectivity index (χ3v) is 6.79. The number of esters is 1. The lowest BCUT2D eigenvalue weighted by Crippen LogP contribution is -2.30. The Kier molecular flexibility index (Phi) is 8.61. The third-order valence-electron chi connectivity index (χ3n) is 4.65. The molecular weight excluding hydrogens is 440 g/mol. The van der Waals surface area contributed by atoms with Crippen molar-refractivity contribution in [1.82, 2.24) is 9.62 Å². The molecule has 9 heteroatoms. The van der Waals surface area contributed by atoms with Gasteiger partial charge in [0, 0.05) is 20.6 Å². The Hall–Kier alpha value is -2.42. The molecule has 1 amide bonds. The first-order chi connectivity index (χ1) is 14.5. The number of sulfonamides is 1. The molecule has 0 atom stereocenters.